The minimum atomic E-state index is -1.08. The van der Waals surface area contributed by atoms with Crippen molar-refractivity contribution in [3.8, 4) is 0 Å². The molecule has 0 spiro atoms. The molecule has 0 aliphatic carbocycles. The van der Waals surface area contributed by atoms with Crippen LogP contribution in [0.25, 0.3) is 0 Å². The number of ether oxygens (including phenoxy) is 1. The standard InChI is InChI=1S/C14H16ClFO4/c1-3-19-13(17)8-12(14(18)20-16)9(2)10-4-6-11(15)7-5-10/h4-7,9,12H,3,8H2,1-2H3. The van der Waals surface area contributed by atoms with Crippen LogP contribution in [0.2, 0.25) is 5.02 Å². The van der Waals surface area contributed by atoms with Gasteiger partial charge in [0.05, 0.1) is 18.9 Å². The zero-order chi connectivity index (χ0) is 15.1. The second kappa shape index (κ2) is 7.85. The van der Waals surface area contributed by atoms with E-state index in [0.717, 1.165) is 5.56 Å². The second-order valence-corrected chi connectivity index (χ2v) is 4.79. The molecule has 20 heavy (non-hydrogen) atoms. The van der Waals surface area contributed by atoms with Crippen molar-refractivity contribution < 1.29 is 23.8 Å². The van der Waals surface area contributed by atoms with Crippen molar-refractivity contribution in [2.45, 2.75) is 26.2 Å². The molecule has 2 unspecified atom stereocenters. The highest BCUT2D eigenvalue weighted by atomic mass is 35.5. The number of rotatable bonds is 6. The first-order chi connectivity index (χ1) is 9.49. The minimum absolute atomic E-state index is 0.200. The van der Waals surface area contributed by atoms with E-state index >= 15 is 0 Å². The second-order valence-electron chi connectivity index (χ2n) is 4.35. The van der Waals surface area contributed by atoms with Gasteiger partial charge in [0.15, 0.2) is 0 Å². The lowest BCUT2D eigenvalue weighted by molar-refractivity contribution is -0.191. The molecular weight excluding hydrogens is 287 g/mol. The number of benzene rings is 1. The van der Waals surface area contributed by atoms with Gasteiger partial charge in [-0.2, -0.15) is 0 Å². The van der Waals surface area contributed by atoms with Gasteiger partial charge in [0.1, 0.15) is 0 Å². The highest BCUT2D eigenvalue weighted by molar-refractivity contribution is 6.30. The summed E-state index contributed by atoms with van der Waals surface area (Å²) in [7, 11) is 0. The Labute approximate surface area is 121 Å². The Morgan fingerprint density at radius 3 is 2.40 bits per heavy atom. The van der Waals surface area contributed by atoms with Gasteiger partial charge in [0.2, 0.25) is 0 Å². The molecule has 110 valence electrons. The van der Waals surface area contributed by atoms with Crippen LogP contribution >= 0.6 is 11.6 Å². The van der Waals surface area contributed by atoms with E-state index in [1.807, 2.05) is 0 Å². The van der Waals surface area contributed by atoms with E-state index in [2.05, 4.69) is 4.94 Å². The highest BCUT2D eigenvalue weighted by Crippen LogP contribution is 2.29. The van der Waals surface area contributed by atoms with Gasteiger partial charge >= 0.3 is 11.9 Å². The fourth-order valence-corrected chi connectivity index (χ4v) is 2.05. The maximum atomic E-state index is 12.2. The topological polar surface area (TPSA) is 52.6 Å². The van der Waals surface area contributed by atoms with Gasteiger partial charge in [-0.05, 0) is 30.5 Å². The maximum Gasteiger partial charge on any atom is 0.353 e. The van der Waals surface area contributed by atoms with E-state index in [1.165, 1.54) is 0 Å². The van der Waals surface area contributed by atoms with Crippen molar-refractivity contribution in [1.29, 1.82) is 0 Å². The summed E-state index contributed by atoms with van der Waals surface area (Å²) in [6.45, 7) is 3.57. The van der Waals surface area contributed by atoms with Crippen LogP contribution in [0.15, 0.2) is 24.3 Å². The summed E-state index contributed by atoms with van der Waals surface area (Å²) in [4.78, 5) is 26.3. The Bertz CT molecular complexity index is 461. The zero-order valence-corrected chi connectivity index (χ0v) is 12.0. The molecule has 0 aromatic heterocycles. The smallest absolute Gasteiger partial charge is 0.353 e. The summed E-state index contributed by atoms with van der Waals surface area (Å²) >= 11 is 5.79. The predicted octanol–water partition coefficient (Wildman–Crippen LogP) is 3.44. The molecular formula is C14H16ClFO4. The van der Waals surface area contributed by atoms with E-state index in [-0.39, 0.29) is 13.0 Å². The van der Waals surface area contributed by atoms with Crippen molar-refractivity contribution in [3.63, 3.8) is 0 Å². The maximum absolute atomic E-state index is 12.2. The van der Waals surface area contributed by atoms with Crippen LogP contribution in [0.1, 0.15) is 31.7 Å². The van der Waals surface area contributed by atoms with Crippen LogP contribution in [0, 0.1) is 5.92 Å². The van der Waals surface area contributed by atoms with Gasteiger partial charge in [0.25, 0.3) is 0 Å². The molecule has 0 amide bonds. The lowest BCUT2D eigenvalue weighted by Crippen LogP contribution is -2.25. The van der Waals surface area contributed by atoms with Gasteiger partial charge in [-0.3, -0.25) is 9.74 Å². The average molecular weight is 303 g/mol. The first kappa shape index (κ1) is 16.4. The summed E-state index contributed by atoms with van der Waals surface area (Å²) in [5.41, 5.74) is 0.758. The highest BCUT2D eigenvalue weighted by Gasteiger charge is 2.31. The lowest BCUT2D eigenvalue weighted by Gasteiger charge is -2.20. The number of carbonyl (C=O) groups excluding carboxylic acids is 2. The van der Waals surface area contributed by atoms with Crippen molar-refractivity contribution in [3.05, 3.63) is 34.9 Å². The van der Waals surface area contributed by atoms with Gasteiger partial charge in [-0.1, -0.05) is 30.7 Å². The summed E-state index contributed by atoms with van der Waals surface area (Å²) in [5.74, 6) is -3.00. The van der Waals surface area contributed by atoms with Crippen molar-refractivity contribution in [2.24, 2.45) is 5.92 Å². The number of hydrogen-bond acceptors (Lipinski definition) is 4. The molecule has 0 bridgehead atoms. The quantitative estimate of drug-likeness (QED) is 0.755. The third-order valence-electron chi connectivity index (χ3n) is 3.07. The van der Waals surface area contributed by atoms with Crippen LogP contribution in [0.3, 0.4) is 0 Å². The van der Waals surface area contributed by atoms with Crippen LogP contribution in [0.5, 0.6) is 0 Å². The zero-order valence-electron chi connectivity index (χ0n) is 11.3. The van der Waals surface area contributed by atoms with Gasteiger partial charge in [0, 0.05) is 9.55 Å². The average Bonchev–Trinajstić information content (AvgIpc) is 2.44. The molecule has 1 aromatic carbocycles. The predicted molar refractivity (Wildman–Crippen MR) is 71.8 cm³/mol. The Balaban J connectivity index is 2.89. The number of halogens is 2. The summed E-state index contributed by atoms with van der Waals surface area (Å²) < 4.78 is 17.0. The van der Waals surface area contributed by atoms with E-state index in [4.69, 9.17) is 16.3 Å². The molecule has 0 radical (unpaired) electrons. The SMILES string of the molecule is CCOC(=O)CC(C(=O)OF)C(C)c1ccc(Cl)cc1. The molecule has 0 aliphatic rings. The van der Waals surface area contributed by atoms with Gasteiger partial charge < -0.3 is 4.74 Å². The Morgan fingerprint density at radius 2 is 1.90 bits per heavy atom. The molecule has 0 heterocycles. The first-order valence-corrected chi connectivity index (χ1v) is 6.60. The third kappa shape index (κ3) is 4.49. The Kier molecular flexibility index (Phi) is 6.45. The molecule has 1 aromatic rings. The van der Waals surface area contributed by atoms with E-state index in [9.17, 15) is 14.1 Å². The largest absolute Gasteiger partial charge is 0.466 e. The summed E-state index contributed by atoms with van der Waals surface area (Å²) in [6, 6.07) is 6.76. The molecule has 1 rings (SSSR count). The molecule has 2 atom stereocenters. The van der Waals surface area contributed by atoms with Crippen LogP contribution < -0.4 is 0 Å². The Hall–Kier alpha value is -1.62. The number of esters is 1. The van der Waals surface area contributed by atoms with Gasteiger partial charge in [-0.15, -0.1) is 0 Å². The number of hydrogen-bond donors (Lipinski definition) is 0. The van der Waals surface area contributed by atoms with Crippen LogP contribution in [-0.4, -0.2) is 18.5 Å². The van der Waals surface area contributed by atoms with Crippen LogP contribution in [0.4, 0.5) is 4.53 Å². The third-order valence-corrected chi connectivity index (χ3v) is 3.32. The Morgan fingerprint density at radius 1 is 1.30 bits per heavy atom. The first-order valence-electron chi connectivity index (χ1n) is 6.23. The molecule has 0 aliphatic heterocycles. The van der Waals surface area contributed by atoms with Crippen molar-refractivity contribution >= 4 is 23.5 Å². The van der Waals surface area contributed by atoms with E-state index in [1.54, 1.807) is 38.1 Å². The van der Waals surface area contributed by atoms with Gasteiger partial charge in [-0.25, -0.2) is 4.79 Å². The van der Waals surface area contributed by atoms with Crippen molar-refractivity contribution in [2.75, 3.05) is 6.61 Å². The molecule has 0 saturated carbocycles. The van der Waals surface area contributed by atoms with Crippen LogP contribution in [-0.2, 0) is 19.3 Å². The summed E-state index contributed by atoms with van der Waals surface area (Å²) in [6.07, 6.45) is -0.236. The lowest BCUT2D eigenvalue weighted by atomic mass is 9.85. The number of carbonyl (C=O) groups is 2. The minimum Gasteiger partial charge on any atom is -0.466 e. The van der Waals surface area contributed by atoms with E-state index < -0.39 is 23.8 Å². The molecule has 0 fully saturated rings. The fraction of sp³-hybridized carbons (Fsp3) is 0.429. The normalized spacial score (nSPS) is 13.4. The fourth-order valence-electron chi connectivity index (χ4n) is 1.92. The molecule has 4 nitrogen and oxygen atoms in total. The molecule has 6 heteroatoms. The monoisotopic (exact) mass is 302 g/mol. The van der Waals surface area contributed by atoms with Crippen molar-refractivity contribution in [1.82, 2.24) is 0 Å². The van der Waals surface area contributed by atoms with E-state index in [0.29, 0.717) is 5.02 Å². The summed E-state index contributed by atoms with van der Waals surface area (Å²) in [5, 5.41) is 0.552. The molecule has 0 N–H and O–H groups in total. The molecule has 0 saturated heterocycles.